The number of ether oxygens (including phenoxy) is 5. The molecule has 0 aromatic heterocycles. The van der Waals surface area contributed by atoms with Gasteiger partial charge in [-0.15, -0.1) is 0 Å². The quantitative estimate of drug-likeness (QED) is 0.198. The first-order chi connectivity index (χ1) is 18.7. The first kappa shape index (κ1) is 30.6. The molecule has 6 aliphatic rings. The van der Waals surface area contributed by atoms with Gasteiger partial charge >= 0.3 is 17.9 Å². The van der Waals surface area contributed by atoms with Crippen molar-refractivity contribution in [1.82, 2.24) is 4.90 Å². The van der Waals surface area contributed by atoms with Crippen LogP contribution in [0.5, 0.6) is 0 Å². The molecule has 2 aliphatic carbocycles. The predicted octanol–water partition coefficient (Wildman–Crippen LogP) is -0.889. The molecule has 14 nitrogen and oxygen atoms in total. The highest BCUT2D eigenvalue weighted by Gasteiger charge is 3.03. The maximum atomic E-state index is 13.7. The number of aliphatic hydroxyl groups excluding tert-OH is 1. The van der Waals surface area contributed by atoms with Gasteiger partial charge in [-0.1, -0.05) is 20.8 Å². The summed E-state index contributed by atoms with van der Waals surface area (Å²) in [6.07, 6.45) is -4.64. The Kier molecular flexibility index (Phi) is 6.76. The normalized spacial score (nSPS) is 47.3. The number of nitrogens with zero attached hydrogens (tertiary/aromatic N) is 1. The fraction of sp³-hybridized carbons (Fsp3) is 0.885. The summed E-state index contributed by atoms with van der Waals surface area (Å²) in [4.78, 5) is 41.6. The Hall–Kier alpha value is -1.88. The zero-order valence-corrected chi connectivity index (χ0v) is 25.0. The van der Waals surface area contributed by atoms with Crippen LogP contribution in [0.3, 0.4) is 0 Å². The van der Waals surface area contributed by atoms with Crippen LogP contribution in [0.25, 0.3) is 0 Å². The summed E-state index contributed by atoms with van der Waals surface area (Å²) >= 11 is 0. The van der Waals surface area contributed by atoms with Crippen molar-refractivity contribution in [2.24, 2.45) is 28.1 Å². The van der Waals surface area contributed by atoms with Gasteiger partial charge < -0.3 is 38.8 Å². The van der Waals surface area contributed by atoms with Crippen molar-refractivity contribution < 1.29 is 61.3 Å². The Labute approximate surface area is 238 Å². The van der Waals surface area contributed by atoms with Gasteiger partial charge in [-0.3, -0.25) is 9.35 Å². The number of hydrogen-bond donors (Lipinski definition) is 3. The monoisotopic (exact) mass is 605 g/mol. The Bertz CT molecular complexity index is 1260. The van der Waals surface area contributed by atoms with Gasteiger partial charge in [0.25, 0.3) is 10.1 Å². The molecule has 6 rings (SSSR count). The van der Waals surface area contributed by atoms with Gasteiger partial charge in [-0.05, 0) is 45.2 Å². The zero-order chi connectivity index (χ0) is 30.7. The molecule has 6 fully saturated rings. The molecule has 0 amide bonds. The van der Waals surface area contributed by atoms with E-state index in [1.165, 1.54) is 6.92 Å². The highest BCUT2D eigenvalue weighted by molar-refractivity contribution is 7.85. The highest BCUT2D eigenvalue weighted by Crippen LogP contribution is 2.84. The second-order valence-electron chi connectivity index (χ2n) is 13.6. The summed E-state index contributed by atoms with van der Waals surface area (Å²) in [6, 6.07) is 0. The summed E-state index contributed by atoms with van der Waals surface area (Å²) in [5.41, 5.74) is -7.51. The fourth-order valence-corrected chi connectivity index (χ4v) is 8.73. The minimum Gasteiger partial charge on any atom is -0.459 e. The largest absolute Gasteiger partial charge is 0.459 e. The SMILES string of the molecule is CS(=O)(=O)O.C[C@@H]1C(=O)O[C@H]2[C@H](O)C34[C@H]5C[C@@H](CC(C)(C)C)C36C(OC(=O)[C@@H]6OCCN(C)C)OC4(C(=O)O5)[C@@]12O. The molecule has 2 saturated carbocycles. The van der Waals surface area contributed by atoms with Gasteiger partial charge in [-0.2, -0.15) is 8.42 Å². The molecular weight excluding hydrogens is 566 g/mol. The van der Waals surface area contributed by atoms with Crippen molar-refractivity contribution in [2.45, 2.75) is 82.4 Å². The van der Waals surface area contributed by atoms with Gasteiger partial charge in [-0.25, -0.2) is 9.59 Å². The van der Waals surface area contributed by atoms with E-state index in [4.69, 9.17) is 28.2 Å². The Morgan fingerprint density at radius 3 is 2.27 bits per heavy atom. The number of esters is 3. The van der Waals surface area contributed by atoms with Gasteiger partial charge in [0.1, 0.15) is 12.2 Å². The van der Waals surface area contributed by atoms with Crippen LogP contribution < -0.4 is 0 Å². The van der Waals surface area contributed by atoms with Crippen molar-refractivity contribution in [1.29, 1.82) is 0 Å². The molecule has 4 heterocycles. The van der Waals surface area contributed by atoms with E-state index in [0.717, 1.165) is 0 Å². The molecule has 11 atom stereocenters. The molecule has 3 N–H and O–H groups in total. The Morgan fingerprint density at radius 1 is 1.10 bits per heavy atom. The van der Waals surface area contributed by atoms with Crippen LogP contribution in [0.15, 0.2) is 0 Å². The van der Waals surface area contributed by atoms with E-state index in [-0.39, 0.29) is 17.9 Å². The smallest absolute Gasteiger partial charge is 0.343 e. The van der Waals surface area contributed by atoms with E-state index in [1.54, 1.807) is 0 Å². The van der Waals surface area contributed by atoms with E-state index >= 15 is 0 Å². The molecular formula is C26H39NO13S. The van der Waals surface area contributed by atoms with Crippen molar-refractivity contribution in [3.63, 3.8) is 0 Å². The van der Waals surface area contributed by atoms with Gasteiger partial charge in [0.05, 0.1) is 29.6 Å². The number of hydrogen-bond acceptors (Lipinski definition) is 13. The summed E-state index contributed by atoms with van der Waals surface area (Å²) < 4.78 is 55.7. The van der Waals surface area contributed by atoms with E-state index in [9.17, 15) is 33.0 Å². The summed E-state index contributed by atoms with van der Waals surface area (Å²) in [5.74, 6) is -3.74. The molecule has 4 unspecified atom stereocenters. The van der Waals surface area contributed by atoms with Crippen LogP contribution in [-0.4, -0.2) is 121 Å². The second kappa shape index (κ2) is 9.07. The summed E-state index contributed by atoms with van der Waals surface area (Å²) in [7, 11) is 0.0922. The lowest BCUT2D eigenvalue weighted by Crippen LogP contribution is -2.67. The number of fused-ring (bicyclic) bond motifs is 1. The lowest BCUT2D eigenvalue weighted by molar-refractivity contribution is -0.239. The van der Waals surface area contributed by atoms with E-state index in [1.807, 2.05) is 19.0 Å². The molecule has 232 valence electrons. The van der Waals surface area contributed by atoms with Crippen molar-refractivity contribution in [3.8, 4) is 0 Å². The molecule has 0 bridgehead atoms. The van der Waals surface area contributed by atoms with Crippen molar-refractivity contribution >= 4 is 28.0 Å². The zero-order valence-electron chi connectivity index (χ0n) is 24.1. The van der Waals surface area contributed by atoms with Crippen LogP contribution in [0.1, 0.15) is 40.5 Å². The number of likely N-dealkylation sites (N-methyl/N-ethyl adjacent to an activating group) is 1. The number of rotatable bonds is 5. The van der Waals surface area contributed by atoms with E-state index in [0.29, 0.717) is 25.6 Å². The van der Waals surface area contributed by atoms with Crippen LogP contribution in [-0.2, 0) is 48.2 Å². The predicted molar refractivity (Wildman–Crippen MR) is 136 cm³/mol. The van der Waals surface area contributed by atoms with E-state index in [2.05, 4.69) is 20.8 Å². The molecule has 4 saturated heterocycles. The molecule has 0 aromatic rings. The molecule has 15 heteroatoms. The lowest BCUT2D eigenvalue weighted by atomic mass is 9.52. The average Bonchev–Trinajstić information content (AvgIpc) is 3.50. The third-order valence-corrected chi connectivity index (χ3v) is 9.75. The third kappa shape index (κ3) is 3.63. The number of carbonyl (C=O) groups is 3. The van der Waals surface area contributed by atoms with Crippen LogP contribution in [0, 0.1) is 28.1 Å². The molecule has 0 radical (unpaired) electrons. The third-order valence-electron chi connectivity index (χ3n) is 9.75. The number of aliphatic hydroxyl groups is 2. The van der Waals surface area contributed by atoms with Crippen molar-refractivity contribution in [3.05, 3.63) is 0 Å². The maximum Gasteiger partial charge on any atom is 0.343 e. The van der Waals surface area contributed by atoms with Crippen LogP contribution in [0.4, 0.5) is 0 Å². The number of carbonyl (C=O) groups excluding carboxylic acids is 3. The van der Waals surface area contributed by atoms with Gasteiger partial charge in [0.15, 0.2) is 17.8 Å². The van der Waals surface area contributed by atoms with Crippen molar-refractivity contribution in [2.75, 3.05) is 33.5 Å². The Morgan fingerprint density at radius 2 is 1.71 bits per heavy atom. The van der Waals surface area contributed by atoms with Gasteiger partial charge in [0.2, 0.25) is 11.9 Å². The highest BCUT2D eigenvalue weighted by atomic mass is 32.2. The van der Waals surface area contributed by atoms with Crippen LogP contribution in [0.2, 0.25) is 0 Å². The van der Waals surface area contributed by atoms with Crippen LogP contribution >= 0.6 is 0 Å². The minimum absolute atomic E-state index is 0.196. The summed E-state index contributed by atoms with van der Waals surface area (Å²) in [6.45, 7) is 8.37. The summed E-state index contributed by atoms with van der Waals surface area (Å²) in [5, 5.41) is 24.2. The molecule has 4 aliphatic heterocycles. The lowest BCUT2D eigenvalue weighted by Gasteiger charge is -2.46. The first-order valence-corrected chi connectivity index (χ1v) is 15.4. The second-order valence-corrected chi connectivity index (χ2v) is 15.1. The standard InChI is InChI=1S/C25H35NO10.CH4O3S/c1-11-17(28)34-15-14(27)23-13-9-12(10-21(2,3)4)22(23)16(32-8-7-26(5)6)18(29)35-20(22)36-25(23,19(30)33-13)24(11,15)31;1-5(2,3)4/h11-16,20,27,31H,7-10H2,1-6H3;1H3,(H,2,3,4)/t11-,12+,13-,14+,15+,16+,20?,22?,23?,24-,25?;/m1./s1. The molecule has 2 spiro atoms. The first-order valence-electron chi connectivity index (χ1n) is 13.6. The van der Waals surface area contributed by atoms with E-state index < -0.39 is 86.7 Å². The Balaban J connectivity index is 0.000000623. The molecule has 0 aromatic carbocycles. The minimum atomic E-state index is -3.67. The topological polar surface area (TPSA) is 195 Å². The maximum absolute atomic E-state index is 13.7. The molecule has 41 heavy (non-hydrogen) atoms. The average molecular weight is 606 g/mol. The van der Waals surface area contributed by atoms with Gasteiger partial charge in [0, 0.05) is 6.54 Å². The fourth-order valence-electron chi connectivity index (χ4n) is 8.73.